The number of nitrogens with zero attached hydrogens (tertiary/aromatic N) is 2. The maximum atomic E-state index is 12.0. The van der Waals surface area contributed by atoms with Crippen molar-refractivity contribution in [2.45, 2.75) is 0 Å². The van der Waals surface area contributed by atoms with Crippen LogP contribution >= 0.6 is 0 Å². The van der Waals surface area contributed by atoms with Gasteiger partial charge in [-0.1, -0.05) is 12.1 Å². The molecule has 0 aliphatic rings. The summed E-state index contributed by atoms with van der Waals surface area (Å²) in [7, 11) is 1.56. The van der Waals surface area contributed by atoms with E-state index in [0.29, 0.717) is 22.6 Å². The van der Waals surface area contributed by atoms with Gasteiger partial charge >= 0.3 is 0 Å². The smallest absolute Gasteiger partial charge is 0.271 e. The van der Waals surface area contributed by atoms with Gasteiger partial charge in [-0.3, -0.25) is 4.79 Å². The van der Waals surface area contributed by atoms with Gasteiger partial charge in [-0.25, -0.2) is 5.43 Å². The van der Waals surface area contributed by atoms with Gasteiger partial charge in [0.15, 0.2) is 6.61 Å². The van der Waals surface area contributed by atoms with Crippen LogP contribution in [0, 0.1) is 11.3 Å². The Morgan fingerprint density at radius 2 is 2.00 bits per heavy atom. The first-order chi connectivity index (χ1) is 11.2. The summed E-state index contributed by atoms with van der Waals surface area (Å²) in [5, 5.41) is 12.5. The number of carbonyl (C=O) groups is 1. The Morgan fingerprint density at radius 3 is 2.70 bits per heavy atom. The Labute approximate surface area is 134 Å². The van der Waals surface area contributed by atoms with Crippen LogP contribution in [0.1, 0.15) is 15.9 Å². The standard InChI is InChI=1S/C17H15N3O3/c1-22-15-8-6-13(7-9-15)17(21)20-19-12-14-4-2-3-5-16(14)23-11-10-18/h2-9,12H,11H2,1H3,(H,20,21)/b19-12-. The van der Waals surface area contributed by atoms with Crippen LogP contribution in [0.4, 0.5) is 0 Å². The number of hydrazone groups is 1. The first kappa shape index (κ1) is 16.0. The fourth-order valence-electron chi connectivity index (χ4n) is 1.80. The van der Waals surface area contributed by atoms with E-state index in [2.05, 4.69) is 10.5 Å². The third-order valence-electron chi connectivity index (χ3n) is 2.93. The highest BCUT2D eigenvalue weighted by atomic mass is 16.5. The lowest BCUT2D eigenvalue weighted by Gasteiger charge is -2.05. The van der Waals surface area contributed by atoms with E-state index in [1.807, 2.05) is 12.1 Å². The van der Waals surface area contributed by atoms with Gasteiger partial charge in [0.2, 0.25) is 0 Å². The molecule has 0 saturated carbocycles. The number of methoxy groups -OCH3 is 1. The lowest BCUT2D eigenvalue weighted by atomic mass is 10.2. The molecular formula is C17H15N3O3. The molecule has 6 nitrogen and oxygen atoms in total. The van der Waals surface area contributed by atoms with Gasteiger partial charge in [0, 0.05) is 11.1 Å². The fourth-order valence-corrected chi connectivity index (χ4v) is 1.80. The zero-order valence-electron chi connectivity index (χ0n) is 12.5. The summed E-state index contributed by atoms with van der Waals surface area (Å²) in [5.74, 6) is 0.865. The normalized spacial score (nSPS) is 10.1. The van der Waals surface area contributed by atoms with Crippen molar-refractivity contribution in [3.05, 3.63) is 59.7 Å². The zero-order chi connectivity index (χ0) is 16.5. The number of nitriles is 1. The molecule has 0 saturated heterocycles. The first-order valence-electron chi connectivity index (χ1n) is 6.81. The Kier molecular flexibility index (Phi) is 5.72. The number of hydrogen-bond donors (Lipinski definition) is 1. The summed E-state index contributed by atoms with van der Waals surface area (Å²) in [4.78, 5) is 12.0. The second-order valence-electron chi connectivity index (χ2n) is 4.41. The molecule has 0 atom stereocenters. The number of ether oxygens (including phenoxy) is 2. The van der Waals surface area contributed by atoms with Crippen molar-refractivity contribution < 1.29 is 14.3 Å². The van der Waals surface area contributed by atoms with Crippen LogP contribution in [0.3, 0.4) is 0 Å². The molecule has 2 aromatic carbocycles. The largest absolute Gasteiger partial charge is 0.497 e. The molecular weight excluding hydrogens is 294 g/mol. The van der Waals surface area contributed by atoms with E-state index in [9.17, 15) is 4.79 Å². The summed E-state index contributed by atoms with van der Waals surface area (Å²) >= 11 is 0. The van der Waals surface area contributed by atoms with Crippen LogP contribution in [-0.4, -0.2) is 25.8 Å². The van der Waals surface area contributed by atoms with Gasteiger partial charge in [0.25, 0.3) is 5.91 Å². The van der Waals surface area contributed by atoms with Crippen molar-refractivity contribution in [2.75, 3.05) is 13.7 Å². The monoisotopic (exact) mass is 309 g/mol. The lowest BCUT2D eigenvalue weighted by molar-refractivity contribution is 0.0955. The van der Waals surface area contributed by atoms with E-state index in [0.717, 1.165) is 0 Å². The van der Waals surface area contributed by atoms with Gasteiger partial charge in [0.1, 0.15) is 17.6 Å². The predicted octanol–water partition coefficient (Wildman–Crippen LogP) is 2.36. The molecule has 0 radical (unpaired) electrons. The van der Waals surface area contributed by atoms with E-state index < -0.39 is 0 Å². The third kappa shape index (κ3) is 4.58. The maximum Gasteiger partial charge on any atom is 0.271 e. The number of rotatable bonds is 6. The summed E-state index contributed by atoms with van der Waals surface area (Å²) in [6.45, 7) is -0.0525. The molecule has 23 heavy (non-hydrogen) atoms. The quantitative estimate of drug-likeness (QED) is 0.656. The van der Waals surface area contributed by atoms with E-state index in [-0.39, 0.29) is 12.5 Å². The Bertz CT molecular complexity index is 733. The maximum absolute atomic E-state index is 12.0. The van der Waals surface area contributed by atoms with Crippen LogP contribution in [0.25, 0.3) is 0 Å². The minimum atomic E-state index is -0.334. The van der Waals surface area contributed by atoms with Crippen LogP contribution in [0.2, 0.25) is 0 Å². The highest BCUT2D eigenvalue weighted by Crippen LogP contribution is 2.15. The molecule has 0 aliphatic heterocycles. The van der Waals surface area contributed by atoms with Crippen LogP contribution in [0.5, 0.6) is 11.5 Å². The fraction of sp³-hybridized carbons (Fsp3) is 0.118. The van der Waals surface area contributed by atoms with Crippen LogP contribution in [0.15, 0.2) is 53.6 Å². The second kappa shape index (κ2) is 8.20. The molecule has 1 N–H and O–H groups in total. The van der Waals surface area contributed by atoms with E-state index in [4.69, 9.17) is 14.7 Å². The van der Waals surface area contributed by atoms with Crippen molar-refractivity contribution in [1.82, 2.24) is 5.43 Å². The summed E-state index contributed by atoms with van der Waals surface area (Å²) < 4.78 is 10.3. The van der Waals surface area contributed by atoms with Gasteiger partial charge < -0.3 is 9.47 Å². The highest BCUT2D eigenvalue weighted by molar-refractivity contribution is 5.95. The van der Waals surface area contributed by atoms with E-state index >= 15 is 0 Å². The van der Waals surface area contributed by atoms with Gasteiger partial charge in [-0.2, -0.15) is 10.4 Å². The van der Waals surface area contributed by atoms with Crippen molar-refractivity contribution >= 4 is 12.1 Å². The Morgan fingerprint density at radius 1 is 1.26 bits per heavy atom. The second-order valence-corrected chi connectivity index (χ2v) is 4.41. The van der Waals surface area contributed by atoms with Crippen molar-refractivity contribution in [3.8, 4) is 17.6 Å². The molecule has 0 spiro atoms. The minimum absolute atomic E-state index is 0.0525. The molecule has 2 aromatic rings. The number of nitrogens with one attached hydrogen (secondary N) is 1. The molecule has 0 heterocycles. The number of para-hydroxylation sites is 1. The first-order valence-corrected chi connectivity index (χ1v) is 6.81. The number of amides is 1. The number of carbonyl (C=O) groups excluding carboxylic acids is 1. The zero-order valence-corrected chi connectivity index (χ0v) is 12.5. The average Bonchev–Trinajstić information content (AvgIpc) is 2.61. The molecule has 0 unspecified atom stereocenters. The van der Waals surface area contributed by atoms with E-state index in [1.165, 1.54) is 6.21 Å². The molecule has 2 rings (SSSR count). The molecule has 0 fully saturated rings. The van der Waals surface area contributed by atoms with Crippen molar-refractivity contribution in [2.24, 2.45) is 5.10 Å². The average molecular weight is 309 g/mol. The topological polar surface area (TPSA) is 83.7 Å². The summed E-state index contributed by atoms with van der Waals surface area (Å²) in [6.07, 6.45) is 1.47. The van der Waals surface area contributed by atoms with Crippen molar-refractivity contribution in [3.63, 3.8) is 0 Å². The molecule has 6 heteroatoms. The van der Waals surface area contributed by atoms with Crippen LogP contribution in [-0.2, 0) is 0 Å². The number of benzene rings is 2. The molecule has 1 amide bonds. The molecule has 0 aliphatic carbocycles. The van der Waals surface area contributed by atoms with Gasteiger partial charge in [-0.15, -0.1) is 0 Å². The SMILES string of the molecule is COc1ccc(C(=O)N/N=C\c2ccccc2OCC#N)cc1. The number of hydrogen-bond acceptors (Lipinski definition) is 5. The van der Waals surface area contributed by atoms with Gasteiger partial charge in [0.05, 0.1) is 13.3 Å². The third-order valence-corrected chi connectivity index (χ3v) is 2.93. The van der Waals surface area contributed by atoms with Crippen LogP contribution < -0.4 is 14.9 Å². The summed E-state index contributed by atoms with van der Waals surface area (Å²) in [5.41, 5.74) is 3.57. The Hall–Kier alpha value is -3.33. The predicted molar refractivity (Wildman–Crippen MR) is 85.6 cm³/mol. The van der Waals surface area contributed by atoms with Crippen molar-refractivity contribution in [1.29, 1.82) is 5.26 Å². The highest BCUT2D eigenvalue weighted by Gasteiger charge is 2.04. The molecule has 116 valence electrons. The Balaban J connectivity index is 2.01. The summed E-state index contributed by atoms with van der Waals surface area (Å²) in [6, 6.07) is 15.7. The minimum Gasteiger partial charge on any atom is -0.497 e. The molecule has 0 bridgehead atoms. The molecule has 0 aromatic heterocycles. The van der Waals surface area contributed by atoms with E-state index in [1.54, 1.807) is 49.6 Å². The lowest BCUT2D eigenvalue weighted by Crippen LogP contribution is -2.17. The van der Waals surface area contributed by atoms with Gasteiger partial charge in [-0.05, 0) is 36.4 Å².